The van der Waals surface area contributed by atoms with Crippen LogP contribution in [0.1, 0.15) is 65.9 Å². The van der Waals surface area contributed by atoms with Crippen LogP contribution in [0.5, 0.6) is 0 Å². The molecule has 0 unspecified atom stereocenters. The normalized spacial score (nSPS) is 36.3. The Hall–Kier alpha value is -3.73. The van der Waals surface area contributed by atoms with E-state index in [0.717, 1.165) is 31.1 Å². The number of unbranched alkanes of at least 4 members (excludes halogenated alkanes) is 1. The number of carbonyl (C=O) groups excluding carboxylic acids is 2. The van der Waals surface area contributed by atoms with E-state index in [0.29, 0.717) is 6.42 Å². The number of fused-ring (bicyclic) bond motifs is 6. The summed E-state index contributed by atoms with van der Waals surface area (Å²) >= 11 is 0. The maximum atomic E-state index is 15.0. The zero-order valence-corrected chi connectivity index (χ0v) is 30.7. The molecule has 1 aromatic rings. The third-order valence-electron chi connectivity index (χ3n) is 11.2. The number of alkyl halides is 3. The fourth-order valence-corrected chi connectivity index (χ4v) is 8.95. The van der Waals surface area contributed by atoms with Crippen molar-refractivity contribution in [3.63, 3.8) is 0 Å². The molecule has 280 valence electrons. The Morgan fingerprint density at radius 1 is 1.02 bits per heavy atom. The molecular weight excluding hydrogens is 671 g/mol. The summed E-state index contributed by atoms with van der Waals surface area (Å²) in [5, 5.41) is 0. The van der Waals surface area contributed by atoms with Crippen molar-refractivity contribution in [2.45, 2.75) is 108 Å². The van der Waals surface area contributed by atoms with Crippen LogP contribution in [0.2, 0.25) is 0 Å². The lowest BCUT2D eigenvalue weighted by molar-refractivity contribution is -0.278. The second kappa shape index (κ2) is 15.0. The third kappa shape index (κ3) is 6.90. The zero-order chi connectivity index (χ0) is 37.4. The lowest BCUT2D eigenvalue weighted by atomic mass is 9.72. The molecule has 2 aliphatic carbocycles. The number of ether oxygens (including phenoxy) is 4. The summed E-state index contributed by atoms with van der Waals surface area (Å²) in [5.74, 6) is -3.63. The maximum absolute atomic E-state index is 15.0. The molecule has 0 radical (unpaired) electrons. The van der Waals surface area contributed by atoms with Gasteiger partial charge in [-0.2, -0.15) is 13.2 Å². The molecule has 52 heavy (non-hydrogen) atoms. The van der Waals surface area contributed by atoms with Gasteiger partial charge in [0.05, 0.1) is 18.1 Å². The molecule has 3 fully saturated rings. The fourth-order valence-electron chi connectivity index (χ4n) is 8.95. The molecule has 3 saturated heterocycles. The Morgan fingerprint density at radius 3 is 2.44 bits per heavy atom. The van der Waals surface area contributed by atoms with Crippen LogP contribution in [0.3, 0.4) is 0 Å². The van der Waals surface area contributed by atoms with E-state index in [1.54, 1.807) is 11.0 Å². The number of rotatable bonds is 9. The highest BCUT2D eigenvalue weighted by atomic mass is 19.4. The Balaban J connectivity index is 1.40. The number of amides is 1. The van der Waals surface area contributed by atoms with Gasteiger partial charge in [0, 0.05) is 42.9 Å². The highest BCUT2D eigenvalue weighted by Gasteiger charge is 2.66. The minimum atomic E-state index is -5.13. The summed E-state index contributed by atoms with van der Waals surface area (Å²) in [6, 6.07) is 5.75. The number of methoxy groups -OCH3 is 1. The molecule has 0 saturated carbocycles. The molecule has 3 aliphatic heterocycles. The topological polar surface area (TPSA) is 74.3 Å². The summed E-state index contributed by atoms with van der Waals surface area (Å²) < 4.78 is 68.6. The quantitative estimate of drug-likeness (QED) is 0.145. The first-order chi connectivity index (χ1) is 24.7. The Bertz CT molecular complexity index is 1680. The molecule has 1 amide bonds. The van der Waals surface area contributed by atoms with Crippen molar-refractivity contribution in [3.8, 4) is 0 Å². The van der Waals surface area contributed by atoms with Crippen LogP contribution in [0.15, 0.2) is 102 Å². The van der Waals surface area contributed by atoms with Crippen LogP contribution in [0.25, 0.3) is 0 Å². The lowest BCUT2D eigenvalue weighted by Crippen LogP contribution is -2.53. The number of nitrogens with zero attached hydrogens (tertiary/aromatic N) is 1. The first kappa shape index (κ1) is 38.0. The Labute approximate surface area is 304 Å². The number of carbonyl (C=O) groups is 2. The van der Waals surface area contributed by atoms with E-state index in [4.69, 9.17) is 18.9 Å². The molecule has 10 atom stereocenters. The molecule has 0 bridgehead atoms. The molecular formula is C42H50F3NO6. The van der Waals surface area contributed by atoms with Gasteiger partial charge in [0.1, 0.15) is 12.2 Å². The summed E-state index contributed by atoms with van der Waals surface area (Å²) in [6.45, 7) is 9.94. The van der Waals surface area contributed by atoms with E-state index in [2.05, 4.69) is 32.1 Å². The molecule has 10 heteroatoms. The summed E-state index contributed by atoms with van der Waals surface area (Å²) in [7, 11) is 0.866. The Morgan fingerprint density at radius 2 is 1.75 bits per heavy atom. The van der Waals surface area contributed by atoms with Gasteiger partial charge < -0.3 is 23.8 Å². The summed E-state index contributed by atoms with van der Waals surface area (Å²) in [4.78, 5) is 30.2. The molecule has 3 heterocycles. The summed E-state index contributed by atoms with van der Waals surface area (Å²) in [6.07, 6.45) is 16.0. The van der Waals surface area contributed by atoms with Gasteiger partial charge in [-0.15, -0.1) is 0 Å². The average molecular weight is 722 g/mol. The van der Waals surface area contributed by atoms with Crippen molar-refractivity contribution in [1.82, 2.24) is 4.90 Å². The van der Waals surface area contributed by atoms with Gasteiger partial charge in [-0.1, -0.05) is 116 Å². The van der Waals surface area contributed by atoms with E-state index >= 15 is 0 Å². The van der Waals surface area contributed by atoms with Crippen molar-refractivity contribution in [2.75, 3.05) is 7.11 Å². The first-order valence-electron chi connectivity index (χ1n) is 18.3. The van der Waals surface area contributed by atoms with Crippen LogP contribution >= 0.6 is 0 Å². The SMILES string of the molecule is CCC/C=C/C=C/C[C@@H]1C[C@H](OC(=O)[C@@](OC)(c2ccccc2)C(F)(F)F)[C@H]2[C@@H]3/C(C)=C/[C@@H]4C=C[C@@H]5OC(C)(C)O[C@@H]5[C@H]4/C(C)=C/C=C\[C@H]3C(=O)N12. The minimum absolute atomic E-state index is 0.0445. The van der Waals surface area contributed by atoms with Crippen molar-refractivity contribution in [1.29, 1.82) is 0 Å². The standard InChI is InChI=1S/C42H50F3NO6/c1-7-8-9-10-11-15-20-30-25-33(50-39(48)41(49-6,42(43,44)45)29-18-13-12-14-19-29)36-35-27(3)24-28-22-23-32-37(52-40(4,5)51-32)34(28)26(2)17-16-21-31(35)38(47)46(30)36/h9-19,21-24,28,30-37H,7-8,20,25H2,1-6H3/b10-9+,15-11+,21-16-,26-17+,27-24+/t28-,30+,31+,32-,33-,34-,35+,36-,37-,41-/m0/s1. The van der Waals surface area contributed by atoms with Crippen molar-refractivity contribution >= 4 is 11.9 Å². The highest BCUT2D eigenvalue weighted by Crippen LogP contribution is 2.51. The van der Waals surface area contributed by atoms with Gasteiger partial charge in [0.25, 0.3) is 5.60 Å². The van der Waals surface area contributed by atoms with E-state index in [1.165, 1.54) is 24.3 Å². The van der Waals surface area contributed by atoms with E-state index in [9.17, 15) is 22.8 Å². The van der Waals surface area contributed by atoms with E-state index < -0.39 is 53.6 Å². The first-order valence-corrected chi connectivity index (χ1v) is 18.3. The van der Waals surface area contributed by atoms with E-state index in [1.807, 2.05) is 63.3 Å². The third-order valence-corrected chi connectivity index (χ3v) is 11.2. The van der Waals surface area contributed by atoms with Gasteiger partial charge in [0.15, 0.2) is 5.79 Å². The molecule has 0 spiro atoms. The van der Waals surface area contributed by atoms with Crippen molar-refractivity contribution in [3.05, 3.63) is 108 Å². The monoisotopic (exact) mass is 721 g/mol. The molecule has 0 N–H and O–H groups in total. The molecule has 6 rings (SSSR count). The van der Waals surface area contributed by atoms with Gasteiger partial charge >= 0.3 is 12.1 Å². The van der Waals surface area contributed by atoms with Gasteiger partial charge in [-0.05, 0) is 40.5 Å². The predicted molar refractivity (Wildman–Crippen MR) is 191 cm³/mol. The number of esters is 1. The van der Waals surface area contributed by atoms with Gasteiger partial charge in [-0.25, -0.2) is 4.79 Å². The minimum Gasteiger partial charge on any atom is -0.457 e. The smallest absolute Gasteiger partial charge is 0.432 e. The second-order valence-electron chi connectivity index (χ2n) is 15.0. The van der Waals surface area contributed by atoms with Gasteiger partial charge in [0.2, 0.25) is 5.91 Å². The maximum Gasteiger partial charge on any atom is 0.432 e. The van der Waals surface area contributed by atoms with Crippen LogP contribution in [0.4, 0.5) is 13.2 Å². The number of hydrogen-bond donors (Lipinski definition) is 0. The summed E-state index contributed by atoms with van der Waals surface area (Å²) in [5.41, 5.74) is -1.73. The van der Waals surface area contributed by atoms with Crippen LogP contribution in [-0.4, -0.2) is 66.2 Å². The predicted octanol–water partition coefficient (Wildman–Crippen LogP) is 8.31. The van der Waals surface area contributed by atoms with Gasteiger partial charge in [-0.3, -0.25) is 4.79 Å². The van der Waals surface area contributed by atoms with Crippen molar-refractivity contribution in [2.24, 2.45) is 23.7 Å². The molecule has 0 aromatic heterocycles. The number of halogens is 3. The molecule has 1 aromatic carbocycles. The number of hydrogen-bond acceptors (Lipinski definition) is 6. The number of allylic oxidation sites excluding steroid dienone is 7. The van der Waals surface area contributed by atoms with Crippen LogP contribution < -0.4 is 0 Å². The van der Waals surface area contributed by atoms with E-state index in [-0.39, 0.29) is 41.9 Å². The van der Waals surface area contributed by atoms with Crippen LogP contribution in [-0.2, 0) is 34.1 Å². The second-order valence-corrected chi connectivity index (χ2v) is 15.0. The van der Waals surface area contributed by atoms with Crippen LogP contribution in [0, 0.1) is 23.7 Å². The molecule has 5 aliphatic rings. The van der Waals surface area contributed by atoms with Crippen molar-refractivity contribution < 1.29 is 41.7 Å². The number of benzene rings is 1. The molecule has 7 nitrogen and oxygen atoms in total. The Kier molecular flexibility index (Phi) is 10.9. The zero-order valence-electron chi connectivity index (χ0n) is 30.7. The lowest BCUT2D eigenvalue weighted by Gasteiger charge is -2.36. The largest absolute Gasteiger partial charge is 0.457 e. The highest BCUT2D eigenvalue weighted by molar-refractivity contribution is 5.86. The average Bonchev–Trinajstić information content (AvgIpc) is 3.70. The fraction of sp³-hybridized carbons (Fsp3) is 0.524.